The van der Waals surface area contributed by atoms with Crippen molar-refractivity contribution >= 4 is 0 Å². The lowest BCUT2D eigenvalue weighted by molar-refractivity contribution is -0.270. The van der Waals surface area contributed by atoms with E-state index in [1.165, 1.54) is 0 Å². The van der Waals surface area contributed by atoms with Gasteiger partial charge in [-0.2, -0.15) is 0 Å². The summed E-state index contributed by atoms with van der Waals surface area (Å²) in [6.45, 7) is 6.79. The van der Waals surface area contributed by atoms with Crippen LogP contribution in [0.25, 0.3) is 0 Å². The number of aromatic nitrogens is 1. The molecule has 1 fully saturated rings. The summed E-state index contributed by atoms with van der Waals surface area (Å²) in [7, 11) is 2.13. The van der Waals surface area contributed by atoms with Gasteiger partial charge in [0.1, 0.15) is 0 Å². The summed E-state index contributed by atoms with van der Waals surface area (Å²) in [6, 6.07) is 3.39. The van der Waals surface area contributed by atoms with Gasteiger partial charge in [-0.05, 0) is 20.0 Å². The van der Waals surface area contributed by atoms with Crippen LogP contribution in [0.5, 0.6) is 5.75 Å². The van der Waals surface area contributed by atoms with Crippen molar-refractivity contribution in [3.8, 4) is 5.75 Å². The van der Waals surface area contributed by atoms with E-state index >= 15 is 0 Å². The molecule has 0 N–H and O–H groups in total. The zero-order chi connectivity index (χ0) is 11.5. The number of nitrogens with zero attached hydrogens (tertiary/aromatic N) is 3. The highest BCUT2D eigenvalue weighted by atomic mass is 16.3. The van der Waals surface area contributed by atoms with E-state index in [1.807, 2.05) is 6.92 Å². The molecule has 16 heavy (non-hydrogen) atoms. The fourth-order valence-electron chi connectivity index (χ4n) is 1.93. The van der Waals surface area contributed by atoms with Crippen LogP contribution in [0.15, 0.2) is 12.1 Å². The molecule has 1 aromatic rings. The average molecular weight is 220 g/mol. The molecule has 1 aliphatic heterocycles. The second-order valence-electron chi connectivity index (χ2n) is 4.48. The molecule has 0 amide bonds. The zero-order valence-corrected chi connectivity index (χ0v) is 9.94. The second kappa shape index (κ2) is 4.80. The Labute approximate surface area is 96.5 Å². The summed E-state index contributed by atoms with van der Waals surface area (Å²) >= 11 is 0. The molecule has 4 heteroatoms. The van der Waals surface area contributed by atoms with Crippen LogP contribution in [0, 0.1) is 6.92 Å². The third-order valence-electron chi connectivity index (χ3n) is 3.04. The van der Waals surface area contributed by atoms with Gasteiger partial charge in [0.15, 0.2) is 0 Å². The van der Waals surface area contributed by atoms with Crippen LogP contribution < -0.4 is 5.11 Å². The van der Waals surface area contributed by atoms with Crippen molar-refractivity contribution in [2.45, 2.75) is 13.5 Å². The molecule has 0 bridgehead atoms. The van der Waals surface area contributed by atoms with E-state index in [0.29, 0.717) is 12.2 Å². The highest BCUT2D eigenvalue weighted by molar-refractivity contribution is 5.26. The van der Waals surface area contributed by atoms with Gasteiger partial charge < -0.3 is 10.0 Å². The van der Waals surface area contributed by atoms with Crippen LogP contribution >= 0.6 is 0 Å². The lowest BCUT2D eigenvalue weighted by Crippen LogP contribution is -2.44. The van der Waals surface area contributed by atoms with Crippen LogP contribution in [-0.4, -0.2) is 48.0 Å². The predicted molar refractivity (Wildman–Crippen MR) is 61.2 cm³/mol. The van der Waals surface area contributed by atoms with Crippen LogP contribution in [0.3, 0.4) is 0 Å². The lowest BCUT2D eigenvalue weighted by atomic mass is 10.2. The van der Waals surface area contributed by atoms with E-state index in [1.54, 1.807) is 12.1 Å². The summed E-state index contributed by atoms with van der Waals surface area (Å²) in [4.78, 5) is 8.92. The molecule has 1 saturated heterocycles. The second-order valence-corrected chi connectivity index (χ2v) is 4.48. The van der Waals surface area contributed by atoms with Gasteiger partial charge in [0.25, 0.3) is 0 Å². The minimum Gasteiger partial charge on any atom is -0.871 e. The van der Waals surface area contributed by atoms with Crippen molar-refractivity contribution in [2.75, 3.05) is 33.2 Å². The Bertz CT molecular complexity index is 359. The molecular formula is C12H18N3O-. The molecule has 2 heterocycles. The molecule has 0 aromatic carbocycles. The predicted octanol–water partition coefficient (Wildman–Crippen LogP) is 0.211. The first-order valence-electron chi connectivity index (χ1n) is 5.69. The highest BCUT2D eigenvalue weighted by Crippen LogP contribution is 2.14. The Balaban J connectivity index is 2.00. The van der Waals surface area contributed by atoms with Gasteiger partial charge in [-0.15, -0.1) is 0 Å². The van der Waals surface area contributed by atoms with Crippen molar-refractivity contribution < 1.29 is 5.11 Å². The van der Waals surface area contributed by atoms with E-state index in [4.69, 9.17) is 0 Å². The Hall–Kier alpha value is -1.13. The highest BCUT2D eigenvalue weighted by Gasteiger charge is 2.14. The number of likely N-dealkylation sites (N-methyl/N-ethyl adjacent to an activating group) is 1. The van der Waals surface area contributed by atoms with Crippen molar-refractivity contribution in [1.29, 1.82) is 0 Å². The molecule has 0 saturated carbocycles. The number of piperazine rings is 1. The minimum absolute atomic E-state index is 0.0597. The Morgan fingerprint density at radius 1 is 1.25 bits per heavy atom. The largest absolute Gasteiger partial charge is 0.871 e. The number of aryl methyl sites for hydroxylation is 1. The molecule has 0 radical (unpaired) electrons. The van der Waals surface area contributed by atoms with E-state index in [2.05, 4.69) is 21.8 Å². The molecule has 1 aromatic heterocycles. The standard InChI is InChI=1S/C12H19N3O/c1-10-3-4-12(16)11(13-10)9-15-7-5-14(2)6-8-15/h3-4,16H,5-9H2,1-2H3/p-1. The van der Waals surface area contributed by atoms with Crippen molar-refractivity contribution in [2.24, 2.45) is 0 Å². The van der Waals surface area contributed by atoms with Gasteiger partial charge in [-0.25, -0.2) is 0 Å². The van der Waals surface area contributed by atoms with Gasteiger partial charge in [0.2, 0.25) is 0 Å². The number of hydrogen-bond acceptors (Lipinski definition) is 4. The molecular weight excluding hydrogens is 202 g/mol. The SMILES string of the molecule is Cc1ccc([O-])c(CN2CCN(C)CC2)n1. The van der Waals surface area contributed by atoms with Crippen LogP contribution in [0.1, 0.15) is 11.4 Å². The van der Waals surface area contributed by atoms with Gasteiger partial charge in [-0.1, -0.05) is 11.8 Å². The Morgan fingerprint density at radius 2 is 1.94 bits per heavy atom. The van der Waals surface area contributed by atoms with Gasteiger partial charge in [0.05, 0.1) is 0 Å². The summed E-state index contributed by atoms with van der Waals surface area (Å²) in [5.41, 5.74) is 1.60. The molecule has 88 valence electrons. The minimum atomic E-state index is 0.0597. The molecule has 0 unspecified atom stereocenters. The summed E-state index contributed by atoms with van der Waals surface area (Å²) in [5.74, 6) is 0.0597. The smallest absolute Gasteiger partial charge is 0.0468 e. The van der Waals surface area contributed by atoms with E-state index in [0.717, 1.165) is 31.9 Å². The Kier molecular flexibility index (Phi) is 3.41. The van der Waals surface area contributed by atoms with Gasteiger partial charge in [-0.3, -0.25) is 9.88 Å². The molecule has 0 aliphatic carbocycles. The normalized spacial score (nSPS) is 18.9. The maximum atomic E-state index is 11.6. The third-order valence-corrected chi connectivity index (χ3v) is 3.04. The van der Waals surface area contributed by atoms with Crippen molar-refractivity contribution in [1.82, 2.24) is 14.8 Å². The van der Waals surface area contributed by atoms with Gasteiger partial charge >= 0.3 is 0 Å². The van der Waals surface area contributed by atoms with Crippen LogP contribution in [0.4, 0.5) is 0 Å². The van der Waals surface area contributed by atoms with Gasteiger partial charge in [0, 0.05) is 44.1 Å². The molecule has 1 aliphatic rings. The number of rotatable bonds is 2. The fraction of sp³-hybridized carbons (Fsp3) is 0.583. The van der Waals surface area contributed by atoms with Crippen molar-refractivity contribution in [3.63, 3.8) is 0 Å². The molecule has 0 atom stereocenters. The van der Waals surface area contributed by atoms with E-state index in [-0.39, 0.29) is 5.75 Å². The molecule has 2 rings (SSSR count). The van der Waals surface area contributed by atoms with E-state index in [9.17, 15) is 5.11 Å². The topological polar surface area (TPSA) is 42.4 Å². The van der Waals surface area contributed by atoms with Crippen molar-refractivity contribution in [3.05, 3.63) is 23.5 Å². The zero-order valence-electron chi connectivity index (χ0n) is 9.94. The maximum absolute atomic E-state index is 11.6. The number of pyridine rings is 1. The van der Waals surface area contributed by atoms with Crippen LogP contribution in [0.2, 0.25) is 0 Å². The average Bonchev–Trinajstić information content (AvgIpc) is 2.27. The first-order chi connectivity index (χ1) is 7.65. The summed E-state index contributed by atoms with van der Waals surface area (Å²) in [6.07, 6.45) is 0. The van der Waals surface area contributed by atoms with E-state index < -0.39 is 0 Å². The fourth-order valence-corrected chi connectivity index (χ4v) is 1.93. The summed E-state index contributed by atoms with van der Waals surface area (Å²) in [5, 5.41) is 11.6. The summed E-state index contributed by atoms with van der Waals surface area (Å²) < 4.78 is 0. The Morgan fingerprint density at radius 3 is 2.62 bits per heavy atom. The monoisotopic (exact) mass is 220 g/mol. The quantitative estimate of drug-likeness (QED) is 0.714. The first kappa shape index (κ1) is 11.4. The first-order valence-corrected chi connectivity index (χ1v) is 5.69. The number of hydrogen-bond donors (Lipinski definition) is 0. The molecule has 0 spiro atoms. The molecule has 4 nitrogen and oxygen atoms in total. The lowest BCUT2D eigenvalue weighted by Gasteiger charge is -2.32. The maximum Gasteiger partial charge on any atom is 0.0468 e. The van der Waals surface area contributed by atoms with Crippen LogP contribution in [-0.2, 0) is 6.54 Å². The third kappa shape index (κ3) is 2.71.